The SMILES string of the molecule is CC#Cc1ccc(-c2ccc(C(=O)[C@@H]3CC[C@H]4C[C@@]35C[C@@H]([C@H](O)CO)[C@@H](C5)[C@@H]3C#Cc5c(cc(O)cc5NC[C@@](C)(O)Cc5cccc(c5CC5=NCN=C5)C3)C[C@@H]4NC(N)=NC)s2)s1. The molecule has 11 nitrogen and oxygen atoms in total. The molecule has 2 aliphatic heterocycles. The number of aliphatic hydroxyl groups excluding tert-OH is 2. The van der Waals surface area contributed by atoms with Crippen molar-refractivity contribution >= 4 is 52.0 Å². The van der Waals surface area contributed by atoms with Gasteiger partial charge >= 0.3 is 0 Å². The van der Waals surface area contributed by atoms with Crippen molar-refractivity contribution in [1.29, 1.82) is 0 Å². The van der Waals surface area contributed by atoms with Gasteiger partial charge in [0.05, 0.1) is 45.0 Å². The fourth-order valence-corrected chi connectivity index (χ4v) is 13.7. The van der Waals surface area contributed by atoms with Gasteiger partial charge < -0.3 is 36.8 Å². The molecule has 4 heterocycles. The van der Waals surface area contributed by atoms with Crippen LogP contribution in [0.3, 0.4) is 0 Å². The van der Waals surface area contributed by atoms with E-state index < -0.39 is 23.7 Å². The number of phenolic OH excluding ortho intramolecular Hbond substituents is 1. The number of rotatable bonds is 8. The van der Waals surface area contributed by atoms with Gasteiger partial charge in [0.2, 0.25) is 0 Å². The van der Waals surface area contributed by atoms with Crippen molar-refractivity contribution in [2.24, 2.45) is 55.7 Å². The second-order valence-electron chi connectivity index (χ2n) is 19.0. The topological polar surface area (TPSA) is 185 Å². The minimum absolute atomic E-state index is 0.0329. The third-order valence-corrected chi connectivity index (χ3v) is 17.0. The second-order valence-corrected chi connectivity index (χ2v) is 21.2. The summed E-state index contributed by atoms with van der Waals surface area (Å²) in [6.07, 6.45) is 5.99. The number of thiophene rings is 2. The van der Waals surface area contributed by atoms with Crippen LogP contribution in [0.2, 0.25) is 0 Å². The Labute approximate surface area is 389 Å². The third kappa shape index (κ3) is 9.27. The van der Waals surface area contributed by atoms with Crippen molar-refractivity contribution in [3.05, 3.63) is 92.2 Å². The van der Waals surface area contributed by atoms with Gasteiger partial charge in [0.25, 0.3) is 0 Å². The fourth-order valence-electron chi connectivity index (χ4n) is 11.7. The van der Waals surface area contributed by atoms with Crippen LogP contribution < -0.4 is 16.4 Å². The van der Waals surface area contributed by atoms with Gasteiger partial charge in [-0.1, -0.05) is 36.0 Å². The molecule has 338 valence electrons. The number of fused-ring (bicyclic) bond motifs is 6. The molecule has 2 aromatic heterocycles. The van der Waals surface area contributed by atoms with Crippen molar-refractivity contribution in [1.82, 2.24) is 5.32 Å². The van der Waals surface area contributed by atoms with Crippen LogP contribution in [0.1, 0.15) is 88.3 Å². The number of hydrogen-bond donors (Lipinski definition) is 7. The molecule has 3 aliphatic carbocycles. The molecule has 0 unspecified atom stereocenters. The summed E-state index contributed by atoms with van der Waals surface area (Å²) in [5.74, 6) is 12.9. The Balaban J connectivity index is 1.21. The number of β-amino-alcohol motifs (C(OH)–C–C–N with tert-alkyl or cyclic N) is 1. The summed E-state index contributed by atoms with van der Waals surface area (Å²) in [7, 11) is 1.66. The molecule has 2 fully saturated rings. The lowest BCUT2D eigenvalue weighted by molar-refractivity contribution is 0.0134. The Kier molecular flexibility index (Phi) is 12.8. The number of ketones is 1. The highest BCUT2D eigenvalue weighted by molar-refractivity contribution is 7.23. The van der Waals surface area contributed by atoms with E-state index in [-0.39, 0.29) is 53.7 Å². The fraction of sp³-hybridized carbons (Fsp3) is 0.462. The summed E-state index contributed by atoms with van der Waals surface area (Å²) in [5.41, 5.74) is 11.0. The van der Waals surface area contributed by atoms with E-state index in [9.17, 15) is 20.4 Å². The first kappa shape index (κ1) is 44.9. The zero-order chi connectivity index (χ0) is 45.5. The van der Waals surface area contributed by atoms with Crippen molar-refractivity contribution in [2.75, 3.05) is 32.2 Å². The number of aromatic hydroxyl groups is 1. The van der Waals surface area contributed by atoms with Crippen molar-refractivity contribution in [3.8, 4) is 39.2 Å². The van der Waals surface area contributed by atoms with Gasteiger partial charge in [-0.05, 0) is 135 Å². The summed E-state index contributed by atoms with van der Waals surface area (Å²) in [6.45, 7) is 3.84. The van der Waals surface area contributed by atoms with Gasteiger partial charge in [-0.3, -0.25) is 19.8 Å². The molecular formula is C52H58N6O5S2. The maximum Gasteiger partial charge on any atom is 0.188 e. The number of nitrogens with one attached hydrogen (secondary N) is 2. The number of benzene rings is 2. The number of hydrogen-bond acceptors (Lipinski definition) is 11. The molecule has 0 amide bonds. The second kappa shape index (κ2) is 18.5. The first-order chi connectivity index (χ1) is 31.4. The standard InChI is InChI=1S/C52H58N6O5S2/c1-4-6-37-11-14-46(64-37)47-15-16-48(65-47)49(62)42-13-10-33-23-52(42)24-40(41(25-52)45(61)27-59)31-9-12-38-34(19-43(33)58-50(53)54-3)18-36(60)21-44(38)56-28-51(2,63)22-32-8-5-7-30(17-31)39(32)20-35-26-55-29-57-35/h5,7-8,11,14-16,18,21,26,31,33,40-43,45,56,59-61,63H,10,13,17,19-20,22-25,27-29H2,1-3H3,(H3,53,54,58)/t31-,33+,40+,41-,42+,43+,45-,51+,52-/m1/s1. The first-order valence-corrected chi connectivity index (χ1v) is 24.4. The predicted octanol–water partition coefficient (Wildman–Crippen LogP) is 6.63. The van der Waals surface area contributed by atoms with E-state index in [1.54, 1.807) is 30.5 Å². The highest BCUT2D eigenvalue weighted by Gasteiger charge is 2.58. The Morgan fingerprint density at radius 3 is 2.68 bits per heavy atom. The molecule has 7 bridgehead atoms. The molecule has 5 aliphatic rings. The van der Waals surface area contributed by atoms with Crippen molar-refractivity contribution in [2.45, 2.75) is 89.4 Å². The van der Waals surface area contributed by atoms with Gasteiger partial charge in [0.1, 0.15) is 12.4 Å². The number of nitrogens with zero attached hydrogens (tertiary/aromatic N) is 3. The van der Waals surface area contributed by atoms with Crippen molar-refractivity contribution < 1.29 is 25.2 Å². The third-order valence-electron chi connectivity index (χ3n) is 14.7. The molecule has 13 heteroatoms. The van der Waals surface area contributed by atoms with E-state index in [4.69, 9.17) is 5.73 Å². The first-order valence-electron chi connectivity index (χ1n) is 22.8. The molecular weight excluding hydrogens is 853 g/mol. The minimum atomic E-state index is -1.19. The average molecular weight is 911 g/mol. The molecule has 2 aromatic carbocycles. The molecule has 0 radical (unpaired) electrons. The van der Waals surface area contributed by atoms with Crippen LogP contribution in [-0.4, -0.2) is 88.7 Å². The van der Waals surface area contributed by atoms with E-state index in [0.29, 0.717) is 69.7 Å². The number of nitrogens with two attached hydrogens (primary N) is 1. The lowest BCUT2D eigenvalue weighted by Gasteiger charge is -2.47. The van der Waals surface area contributed by atoms with Crippen LogP contribution >= 0.6 is 22.7 Å². The van der Waals surface area contributed by atoms with Crippen LogP contribution in [-0.2, 0) is 25.7 Å². The van der Waals surface area contributed by atoms with Gasteiger partial charge in [0.15, 0.2) is 11.7 Å². The highest BCUT2D eigenvalue weighted by Crippen LogP contribution is 2.62. The number of aliphatic hydroxyl groups is 3. The van der Waals surface area contributed by atoms with Gasteiger partial charge in [0, 0.05) is 66.3 Å². The Bertz CT molecular complexity index is 2690. The lowest BCUT2D eigenvalue weighted by Crippen LogP contribution is -2.50. The average Bonchev–Trinajstić information content (AvgIpc) is 4.13. The number of guanidine groups is 1. The van der Waals surface area contributed by atoms with E-state index in [0.717, 1.165) is 59.5 Å². The van der Waals surface area contributed by atoms with Gasteiger partial charge in [-0.25, -0.2) is 0 Å². The zero-order valence-electron chi connectivity index (χ0n) is 37.2. The lowest BCUT2D eigenvalue weighted by atomic mass is 9.58. The molecule has 2 saturated carbocycles. The molecule has 0 saturated heterocycles. The van der Waals surface area contributed by atoms with Crippen LogP contribution in [0.15, 0.2) is 69.6 Å². The predicted molar refractivity (Wildman–Crippen MR) is 261 cm³/mol. The smallest absolute Gasteiger partial charge is 0.188 e. The van der Waals surface area contributed by atoms with Gasteiger partial charge in [-0.15, -0.1) is 28.6 Å². The number of carbonyl (C=O) groups excluding carboxylic acids is 1. The number of anilines is 1. The highest BCUT2D eigenvalue weighted by atomic mass is 32.1. The van der Waals surface area contributed by atoms with E-state index in [2.05, 4.69) is 67.5 Å². The zero-order valence-corrected chi connectivity index (χ0v) is 38.9. The molecule has 1 spiro atoms. The van der Waals surface area contributed by atoms with Crippen LogP contribution in [0.5, 0.6) is 5.75 Å². The maximum absolute atomic E-state index is 15.3. The van der Waals surface area contributed by atoms with E-state index >= 15 is 4.79 Å². The summed E-state index contributed by atoms with van der Waals surface area (Å²) >= 11 is 3.16. The molecule has 9 atom stereocenters. The maximum atomic E-state index is 15.3. The van der Waals surface area contributed by atoms with E-state index in [1.807, 2.05) is 44.3 Å². The van der Waals surface area contributed by atoms with Gasteiger partial charge in [-0.2, -0.15) is 0 Å². The van der Waals surface area contributed by atoms with Crippen LogP contribution in [0.4, 0.5) is 5.69 Å². The largest absolute Gasteiger partial charge is 0.508 e. The molecule has 9 rings (SSSR count). The quantitative estimate of drug-likeness (QED) is 0.0445. The van der Waals surface area contributed by atoms with Crippen LogP contribution in [0, 0.1) is 58.7 Å². The number of Topliss-reactive ketones (excluding diaryl/α,β-unsaturated/α-hetero) is 1. The normalized spacial score (nSPS) is 28.6. The summed E-state index contributed by atoms with van der Waals surface area (Å²) in [6, 6.07) is 17.6. The Morgan fingerprint density at radius 2 is 1.89 bits per heavy atom. The molecule has 65 heavy (non-hydrogen) atoms. The Morgan fingerprint density at radius 1 is 1.08 bits per heavy atom. The monoisotopic (exact) mass is 910 g/mol. The molecule has 8 N–H and O–H groups in total. The summed E-state index contributed by atoms with van der Waals surface area (Å²) in [5, 5.41) is 53.2. The number of carbonyl (C=O) groups is 1. The number of phenols is 1. The Hall–Kier alpha value is -5.28. The van der Waals surface area contributed by atoms with Crippen molar-refractivity contribution in [3.63, 3.8) is 0 Å². The minimum Gasteiger partial charge on any atom is -0.508 e. The van der Waals surface area contributed by atoms with E-state index in [1.165, 1.54) is 11.3 Å². The van der Waals surface area contributed by atoms with Crippen LogP contribution in [0.25, 0.3) is 9.75 Å². The summed E-state index contributed by atoms with van der Waals surface area (Å²) < 4.78 is 0. The number of aliphatic imine (C=N–C) groups is 3. The molecule has 4 aromatic rings. The summed E-state index contributed by atoms with van der Waals surface area (Å²) in [4.78, 5) is 32.4.